The van der Waals surface area contributed by atoms with Gasteiger partial charge in [-0.25, -0.2) is 0 Å². The predicted molar refractivity (Wildman–Crippen MR) is 26.9 cm³/mol. The van der Waals surface area contributed by atoms with Crippen molar-refractivity contribution in [3.05, 3.63) is 10.4 Å². The maximum Gasteiger partial charge on any atom is 0.0436 e. The van der Waals surface area contributed by atoms with Crippen LogP contribution in [0.1, 0.15) is 0 Å². The SMILES string of the molecule is N/N=N/N1NN[NH+]([O-])O[NH+]1[O-]. The Hall–Kier alpha value is -1.08. The van der Waals surface area contributed by atoms with Crippen LogP contribution < -0.4 is 27.6 Å². The molecule has 1 fully saturated rings. The Morgan fingerprint density at radius 1 is 1.55 bits per heavy atom. The van der Waals surface area contributed by atoms with Gasteiger partial charge in [-0.1, -0.05) is 16.1 Å². The summed E-state index contributed by atoms with van der Waals surface area (Å²) in [4.78, 5) is 4.02. The molecule has 0 spiro atoms. The van der Waals surface area contributed by atoms with Gasteiger partial charge < -0.3 is 16.3 Å². The van der Waals surface area contributed by atoms with Crippen molar-refractivity contribution in [3.63, 3.8) is 0 Å². The molecule has 0 aliphatic carbocycles. The minimum atomic E-state index is -1.01. The lowest BCUT2D eigenvalue weighted by molar-refractivity contribution is -1.39. The maximum atomic E-state index is 10.6. The summed E-state index contributed by atoms with van der Waals surface area (Å²) in [6.07, 6.45) is 0. The van der Waals surface area contributed by atoms with Crippen molar-refractivity contribution in [1.82, 2.24) is 16.3 Å². The normalized spacial score (nSPS) is 33.1. The molecule has 1 saturated heterocycles. The van der Waals surface area contributed by atoms with Gasteiger partial charge in [0.1, 0.15) is 0 Å². The zero-order valence-electron chi connectivity index (χ0n) is 5.14. The Bertz CT molecular complexity index is 144. The maximum absolute atomic E-state index is 10.6. The Labute approximate surface area is 59.9 Å². The molecule has 1 rings (SSSR count). The van der Waals surface area contributed by atoms with E-state index in [-0.39, 0.29) is 0 Å². The Balaban J connectivity index is 2.43. The van der Waals surface area contributed by atoms with Crippen molar-refractivity contribution < 1.29 is 15.6 Å². The van der Waals surface area contributed by atoms with Crippen molar-refractivity contribution in [2.75, 3.05) is 0 Å². The van der Waals surface area contributed by atoms with E-state index in [0.29, 0.717) is 5.23 Å². The van der Waals surface area contributed by atoms with Gasteiger partial charge in [-0.15, -0.1) is 0 Å². The minimum absolute atomic E-state index is 0.515. The average molecular weight is 166 g/mol. The molecule has 1 aliphatic rings. The lowest BCUT2D eigenvalue weighted by Crippen LogP contribution is -3.36. The van der Waals surface area contributed by atoms with Crippen LogP contribution in [0.3, 0.4) is 0 Å². The molecule has 64 valence electrons. The van der Waals surface area contributed by atoms with Gasteiger partial charge in [0, 0.05) is 15.4 Å². The van der Waals surface area contributed by atoms with Crippen LogP contribution in [-0.2, 0) is 4.94 Å². The molecular weight excluding hydrogens is 160 g/mol. The van der Waals surface area contributed by atoms with Crippen molar-refractivity contribution in [3.8, 4) is 0 Å². The standard InChI is InChI=1S/H6N8O3/c1-2-3-6-4-5-7(9)11-8(6)10/h4-5,7-8H,(H2,1,3). The van der Waals surface area contributed by atoms with E-state index in [1.807, 2.05) is 11.1 Å². The Kier molecular flexibility index (Phi) is 2.44. The van der Waals surface area contributed by atoms with Gasteiger partial charge in [-0.2, -0.15) is 0 Å². The Morgan fingerprint density at radius 3 is 2.82 bits per heavy atom. The summed E-state index contributed by atoms with van der Waals surface area (Å²) < 4.78 is 0. The van der Waals surface area contributed by atoms with Crippen LogP contribution in [0.4, 0.5) is 0 Å². The van der Waals surface area contributed by atoms with Crippen LogP contribution in [0.2, 0.25) is 0 Å². The molecular formula is H6N8O3. The average Bonchev–Trinajstić information content (AvgIpc) is 1.95. The molecule has 11 heavy (non-hydrogen) atoms. The highest BCUT2D eigenvalue weighted by atomic mass is 17.1. The van der Waals surface area contributed by atoms with Crippen LogP contribution in [-0.4, -0.2) is 5.23 Å². The molecule has 0 saturated carbocycles. The van der Waals surface area contributed by atoms with E-state index in [4.69, 9.17) is 0 Å². The molecule has 2 unspecified atom stereocenters. The molecule has 2 atom stereocenters. The van der Waals surface area contributed by atoms with E-state index < -0.39 is 10.7 Å². The van der Waals surface area contributed by atoms with E-state index in [2.05, 4.69) is 21.2 Å². The summed E-state index contributed by atoms with van der Waals surface area (Å²) in [5.41, 5.74) is 3.97. The van der Waals surface area contributed by atoms with Crippen LogP contribution in [0, 0.1) is 10.4 Å². The summed E-state index contributed by atoms with van der Waals surface area (Å²) in [5.74, 6) is 4.61. The van der Waals surface area contributed by atoms with Crippen LogP contribution in [0.15, 0.2) is 10.4 Å². The van der Waals surface area contributed by atoms with E-state index in [1.165, 1.54) is 0 Å². The van der Waals surface area contributed by atoms with Crippen molar-refractivity contribution in [2.24, 2.45) is 16.3 Å². The molecule has 11 nitrogen and oxygen atoms in total. The highest BCUT2D eigenvalue weighted by Gasteiger charge is 2.22. The molecule has 0 aromatic heterocycles. The van der Waals surface area contributed by atoms with Crippen molar-refractivity contribution in [1.29, 1.82) is 0 Å². The van der Waals surface area contributed by atoms with Gasteiger partial charge in [0.05, 0.1) is 0 Å². The second kappa shape index (κ2) is 3.35. The highest BCUT2D eigenvalue weighted by Crippen LogP contribution is 1.68. The summed E-state index contributed by atoms with van der Waals surface area (Å²) in [5, 5.41) is 25.2. The monoisotopic (exact) mass is 166 g/mol. The van der Waals surface area contributed by atoms with Gasteiger partial charge in [0.2, 0.25) is 0 Å². The van der Waals surface area contributed by atoms with Crippen LogP contribution in [0.25, 0.3) is 0 Å². The number of hydrogen-bond donors (Lipinski definition) is 5. The van der Waals surface area contributed by atoms with Gasteiger partial charge in [0.25, 0.3) is 0 Å². The third kappa shape index (κ3) is 1.92. The lowest BCUT2D eigenvalue weighted by atomic mass is 11.9. The van der Waals surface area contributed by atoms with E-state index in [9.17, 15) is 10.4 Å². The number of nitrogens with one attached hydrogen (secondary N) is 4. The van der Waals surface area contributed by atoms with Crippen molar-refractivity contribution >= 4 is 0 Å². The van der Waals surface area contributed by atoms with E-state index >= 15 is 0 Å². The second-order valence-corrected chi connectivity index (χ2v) is 1.41. The summed E-state index contributed by atoms with van der Waals surface area (Å²) >= 11 is 0. The first-order chi connectivity index (χ1) is 5.24. The van der Waals surface area contributed by atoms with Gasteiger partial charge in [-0.3, -0.25) is 0 Å². The number of nitrogens with two attached hydrogens (primary N) is 1. The smallest absolute Gasteiger partial charge is 0.0436 e. The molecule has 0 amide bonds. The summed E-state index contributed by atoms with van der Waals surface area (Å²) in [6, 6.07) is 0. The molecule has 0 radical (unpaired) electrons. The largest absolute Gasteiger partial charge is 0.574 e. The third-order valence-electron chi connectivity index (χ3n) is 0.758. The quantitative estimate of drug-likeness (QED) is 0.113. The van der Waals surface area contributed by atoms with Crippen molar-refractivity contribution in [2.45, 2.75) is 0 Å². The summed E-state index contributed by atoms with van der Waals surface area (Å²) in [7, 11) is 0. The fourth-order valence-corrected chi connectivity index (χ4v) is 0.403. The molecule has 1 aliphatic heterocycles. The number of nitrogens with zero attached hydrogens (tertiary/aromatic N) is 3. The number of rotatable bonds is 1. The van der Waals surface area contributed by atoms with Crippen LogP contribution >= 0.6 is 0 Å². The molecule has 0 aromatic carbocycles. The lowest BCUT2D eigenvalue weighted by Gasteiger charge is -2.32. The van der Waals surface area contributed by atoms with E-state index in [0.717, 1.165) is 0 Å². The van der Waals surface area contributed by atoms with Crippen LogP contribution in [0.5, 0.6) is 0 Å². The topological polar surface area (TPSA) is 142 Å². The minimum Gasteiger partial charge on any atom is -0.574 e. The second-order valence-electron chi connectivity index (χ2n) is 1.41. The zero-order chi connectivity index (χ0) is 8.27. The number of quaternary nitrogens is 2. The molecule has 0 bridgehead atoms. The van der Waals surface area contributed by atoms with Gasteiger partial charge in [0.15, 0.2) is 0 Å². The fraction of sp³-hybridized carbons (Fsp3) is 0. The van der Waals surface area contributed by atoms with Gasteiger partial charge in [-0.05, 0) is 10.9 Å². The van der Waals surface area contributed by atoms with E-state index in [1.54, 1.807) is 0 Å². The molecule has 1 heterocycles. The number of hydrazine groups is 2. The number of hydrogen-bond acceptors (Lipinski definition) is 7. The summed E-state index contributed by atoms with van der Waals surface area (Å²) in [6.45, 7) is 0. The highest BCUT2D eigenvalue weighted by molar-refractivity contribution is 4.07. The zero-order valence-corrected chi connectivity index (χ0v) is 5.14. The first kappa shape index (κ1) is 8.02. The Morgan fingerprint density at radius 2 is 2.27 bits per heavy atom. The first-order valence-electron chi connectivity index (χ1n) is 2.42. The molecule has 0 aromatic rings. The first-order valence-corrected chi connectivity index (χ1v) is 2.42. The molecule has 11 heteroatoms. The predicted octanol–water partition coefficient (Wildman–Crippen LogP) is -5.01. The molecule has 6 N–H and O–H groups in total. The van der Waals surface area contributed by atoms with Gasteiger partial charge >= 0.3 is 0 Å². The third-order valence-corrected chi connectivity index (χ3v) is 0.758. The fourth-order valence-electron chi connectivity index (χ4n) is 0.403.